The van der Waals surface area contributed by atoms with Gasteiger partial charge < -0.3 is 4.74 Å². The normalized spacial score (nSPS) is 20.2. The lowest BCUT2D eigenvalue weighted by molar-refractivity contribution is -0.00272. The van der Waals surface area contributed by atoms with E-state index >= 15 is 0 Å². The highest BCUT2D eigenvalue weighted by Crippen LogP contribution is 2.33. The van der Waals surface area contributed by atoms with E-state index in [1.807, 2.05) is 0 Å². The second kappa shape index (κ2) is 7.48. The number of carbonyl (C=O) groups is 1. The van der Waals surface area contributed by atoms with Gasteiger partial charge in [-0.15, -0.1) is 0 Å². The number of likely N-dealkylation sites (tertiary alicyclic amines) is 1. The third-order valence-electron chi connectivity index (χ3n) is 3.63. The molecule has 1 heterocycles. The molecule has 1 aromatic rings. The Balaban J connectivity index is 2.02. The van der Waals surface area contributed by atoms with Gasteiger partial charge in [0.25, 0.3) is 16.0 Å². The van der Waals surface area contributed by atoms with Gasteiger partial charge in [0, 0.05) is 6.42 Å². The van der Waals surface area contributed by atoms with Crippen molar-refractivity contribution in [2.24, 2.45) is 0 Å². The van der Waals surface area contributed by atoms with Crippen molar-refractivity contribution >= 4 is 16.2 Å². The fourth-order valence-electron chi connectivity index (χ4n) is 2.58. The van der Waals surface area contributed by atoms with Gasteiger partial charge in [-0.3, -0.25) is 9.08 Å². The molecule has 0 bridgehead atoms. The molecule has 0 aromatic heterocycles. The summed E-state index contributed by atoms with van der Waals surface area (Å²) in [4.78, 5) is 13.0. The SMILES string of the molecule is CC(C)(C)OC(=O)N1CC(F)(F)C[C@H]1COS(=O)(=O)Cc1ccccc1. The minimum absolute atomic E-state index is 0.372. The van der Waals surface area contributed by atoms with Crippen LogP contribution >= 0.6 is 0 Å². The first-order valence-corrected chi connectivity index (χ1v) is 9.73. The van der Waals surface area contributed by atoms with Gasteiger partial charge in [-0.1, -0.05) is 30.3 Å². The monoisotopic (exact) mass is 391 g/mol. The Hall–Kier alpha value is -1.74. The first kappa shape index (κ1) is 20.6. The summed E-state index contributed by atoms with van der Waals surface area (Å²) in [7, 11) is -3.97. The van der Waals surface area contributed by atoms with E-state index in [0.29, 0.717) is 5.56 Å². The van der Waals surface area contributed by atoms with Crippen molar-refractivity contribution in [3.63, 3.8) is 0 Å². The minimum atomic E-state index is -3.97. The number of rotatable bonds is 5. The van der Waals surface area contributed by atoms with E-state index in [1.165, 1.54) is 0 Å². The highest BCUT2D eigenvalue weighted by atomic mass is 32.2. The van der Waals surface area contributed by atoms with Crippen LogP contribution in [0.15, 0.2) is 30.3 Å². The van der Waals surface area contributed by atoms with E-state index in [4.69, 9.17) is 8.92 Å². The van der Waals surface area contributed by atoms with Crippen molar-refractivity contribution in [1.29, 1.82) is 0 Å². The average molecular weight is 391 g/mol. The van der Waals surface area contributed by atoms with E-state index in [1.54, 1.807) is 51.1 Å². The van der Waals surface area contributed by atoms with Crippen LogP contribution in [0.25, 0.3) is 0 Å². The molecule has 1 atom stereocenters. The average Bonchev–Trinajstić information content (AvgIpc) is 2.79. The van der Waals surface area contributed by atoms with Crippen LogP contribution in [-0.2, 0) is 24.8 Å². The Bertz CT molecular complexity index is 731. The summed E-state index contributed by atoms with van der Waals surface area (Å²) in [5.74, 6) is -3.49. The fraction of sp³-hybridized carbons (Fsp3) is 0.588. The number of hydrogen-bond acceptors (Lipinski definition) is 5. The van der Waals surface area contributed by atoms with Crippen LogP contribution in [0.4, 0.5) is 13.6 Å². The molecule has 0 radical (unpaired) electrons. The van der Waals surface area contributed by atoms with Crippen LogP contribution in [0.5, 0.6) is 0 Å². The zero-order chi connectivity index (χ0) is 19.6. The number of carbonyl (C=O) groups excluding carboxylic acids is 1. The van der Waals surface area contributed by atoms with E-state index in [-0.39, 0.29) is 5.75 Å². The number of benzene rings is 1. The summed E-state index contributed by atoms with van der Waals surface area (Å²) in [5, 5.41) is 0. The molecule has 1 saturated heterocycles. The number of amides is 1. The topological polar surface area (TPSA) is 72.9 Å². The molecular formula is C17H23F2NO5S. The Morgan fingerprint density at radius 2 is 1.88 bits per heavy atom. The molecule has 1 aromatic carbocycles. The Labute approximate surface area is 152 Å². The Morgan fingerprint density at radius 3 is 2.46 bits per heavy atom. The third kappa shape index (κ3) is 6.21. The molecule has 9 heteroatoms. The second-order valence-corrected chi connectivity index (χ2v) is 8.93. The van der Waals surface area contributed by atoms with Crippen LogP contribution in [-0.4, -0.2) is 50.1 Å². The van der Waals surface area contributed by atoms with Gasteiger partial charge in [-0.2, -0.15) is 8.42 Å². The fourth-order valence-corrected chi connectivity index (χ4v) is 3.63. The zero-order valence-corrected chi connectivity index (χ0v) is 15.8. The lowest BCUT2D eigenvalue weighted by Gasteiger charge is -2.27. The number of hydrogen-bond donors (Lipinski definition) is 0. The molecule has 26 heavy (non-hydrogen) atoms. The summed E-state index contributed by atoms with van der Waals surface area (Å²) in [6.07, 6.45) is -1.59. The van der Waals surface area contributed by atoms with Gasteiger partial charge in [-0.25, -0.2) is 13.6 Å². The summed E-state index contributed by atoms with van der Waals surface area (Å²) in [5.41, 5.74) is -0.326. The molecule has 1 aliphatic rings. The maximum absolute atomic E-state index is 13.8. The largest absolute Gasteiger partial charge is 0.444 e. The highest BCUT2D eigenvalue weighted by molar-refractivity contribution is 7.85. The van der Waals surface area contributed by atoms with Crippen LogP contribution in [0.2, 0.25) is 0 Å². The standard InChI is InChI=1S/C17H23F2NO5S/c1-16(2,3)25-15(21)20-12-17(18,19)9-14(20)10-24-26(22,23)11-13-7-5-4-6-8-13/h4-8,14H,9-12H2,1-3H3/t14-/m0/s1. The van der Waals surface area contributed by atoms with Crippen molar-refractivity contribution in [2.45, 2.75) is 50.5 Å². The molecule has 146 valence electrons. The molecule has 0 N–H and O–H groups in total. The quantitative estimate of drug-likeness (QED) is 0.721. The number of halogens is 2. The molecule has 1 aliphatic heterocycles. The van der Waals surface area contributed by atoms with E-state index in [2.05, 4.69) is 0 Å². The highest BCUT2D eigenvalue weighted by Gasteiger charge is 2.48. The molecule has 0 unspecified atom stereocenters. The van der Waals surface area contributed by atoms with Crippen molar-refractivity contribution in [3.8, 4) is 0 Å². The number of nitrogens with zero attached hydrogens (tertiary/aromatic N) is 1. The summed E-state index contributed by atoms with van der Waals surface area (Å²) < 4.78 is 61.7. The molecule has 1 fully saturated rings. The molecule has 0 aliphatic carbocycles. The van der Waals surface area contributed by atoms with Gasteiger partial charge in [0.15, 0.2) is 0 Å². The maximum atomic E-state index is 13.8. The van der Waals surface area contributed by atoms with Crippen LogP contribution < -0.4 is 0 Å². The van der Waals surface area contributed by atoms with Crippen molar-refractivity contribution < 1.29 is 30.9 Å². The Morgan fingerprint density at radius 1 is 1.27 bits per heavy atom. The zero-order valence-electron chi connectivity index (χ0n) is 14.9. The number of alkyl halides is 2. The molecule has 1 amide bonds. The molecule has 0 spiro atoms. The van der Waals surface area contributed by atoms with Crippen molar-refractivity contribution in [3.05, 3.63) is 35.9 Å². The first-order chi connectivity index (χ1) is 11.9. The van der Waals surface area contributed by atoms with Crippen LogP contribution in [0.1, 0.15) is 32.8 Å². The predicted octanol–water partition coefficient (Wildman–Crippen LogP) is 3.18. The van der Waals surface area contributed by atoms with Crippen LogP contribution in [0.3, 0.4) is 0 Å². The van der Waals surface area contributed by atoms with Gasteiger partial charge in [0.05, 0.1) is 19.2 Å². The summed E-state index contributed by atoms with van der Waals surface area (Å²) >= 11 is 0. The summed E-state index contributed by atoms with van der Waals surface area (Å²) in [6, 6.07) is 7.29. The second-order valence-electron chi connectivity index (χ2n) is 7.29. The smallest absolute Gasteiger partial charge is 0.410 e. The van der Waals surface area contributed by atoms with Crippen LogP contribution in [0, 0.1) is 0 Å². The van der Waals surface area contributed by atoms with E-state index in [9.17, 15) is 22.0 Å². The van der Waals surface area contributed by atoms with Crippen molar-refractivity contribution in [1.82, 2.24) is 4.90 Å². The summed E-state index contributed by atoms with van der Waals surface area (Å²) in [6.45, 7) is 3.50. The maximum Gasteiger partial charge on any atom is 0.410 e. The molecule has 6 nitrogen and oxygen atoms in total. The first-order valence-electron chi connectivity index (χ1n) is 8.15. The lowest BCUT2D eigenvalue weighted by Crippen LogP contribution is -2.42. The van der Waals surface area contributed by atoms with Gasteiger partial charge >= 0.3 is 6.09 Å². The lowest BCUT2D eigenvalue weighted by atomic mass is 10.2. The Kier molecular flexibility index (Phi) is 5.92. The molecule has 2 rings (SSSR count). The molecular weight excluding hydrogens is 368 g/mol. The molecule has 0 saturated carbocycles. The third-order valence-corrected chi connectivity index (χ3v) is 4.81. The van der Waals surface area contributed by atoms with Gasteiger partial charge in [0.2, 0.25) is 0 Å². The van der Waals surface area contributed by atoms with Crippen molar-refractivity contribution in [2.75, 3.05) is 13.2 Å². The van der Waals surface area contributed by atoms with Gasteiger partial charge in [-0.05, 0) is 26.3 Å². The minimum Gasteiger partial charge on any atom is -0.444 e. The van der Waals surface area contributed by atoms with E-state index < -0.39 is 53.3 Å². The number of ether oxygens (including phenoxy) is 1. The van der Waals surface area contributed by atoms with E-state index in [0.717, 1.165) is 4.90 Å². The van der Waals surface area contributed by atoms with Gasteiger partial charge in [0.1, 0.15) is 11.4 Å². The predicted molar refractivity (Wildman–Crippen MR) is 91.3 cm³/mol.